The van der Waals surface area contributed by atoms with Gasteiger partial charge in [-0.1, -0.05) is 6.92 Å². The summed E-state index contributed by atoms with van der Waals surface area (Å²) in [5, 5.41) is 24.5. The molecular weight excluding hydrogens is 501 g/mol. The van der Waals surface area contributed by atoms with Gasteiger partial charge in [-0.3, -0.25) is 9.59 Å². The summed E-state index contributed by atoms with van der Waals surface area (Å²) in [5.41, 5.74) is 1.14. The van der Waals surface area contributed by atoms with Gasteiger partial charge < -0.3 is 24.8 Å². The lowest BCUT2D eigenvalue weighted by Crippen LogP contribution is -2.44. The number of fused-ring (bicyclic) bond motifs is 5. The lowest BCUT2D eigenvalue weighted by molar-refractivity contribution is -0.172. The van der Waals surface area contributed by atoms with Crippen LogP contribution >= 0.6 is 11.8 Å². The highest BCUT2D eigenvalue weighted by atomic mass is 32.2. The summed E-state index contributed by atoms with van der Waals surface area (Å²) in [6, 6.07) is 2.43. The van der Waals surface area contributed by atoms with Gasteiger partial charge in [-0.25, -0.2) is 14.2 Å². The van der Waals surface area contributed by atoms with E-state index in [-0.39, 0.29) is 30.7 Å². The van der Waals surface area contributed by atoms with Crippen molar-refractivity contribution in [1.82, 2.24) is 14.9 Å². The monoisotopic (exact) mass is 525 g/mol. The molecule has 6 rings (SSSR count). The predicted molar refractivity (Wildman–Crippen MR) is 133 cm³/mol. The van der Waals surface area contributed by atoms with Gasteiger partial charge in [0.05, 0.1) is 35.1 Å². The van der Waals surface area contributed by atoms with E-state index < -0.39 is 41.0 Å². The number of hydrogen-bond donors (Lipinski definition) is 3. The Morgan fingerprint density at radius 1 is 1.38 bits per heavy atom. The zero-order valence-corrected chi connectivity index (χ0v) is 21.2. The Labute approximate surface area is 214 Å². The normalized spacial score (nSPS) is 22.2. The van der Waals surface area contributed by atoms with E-state index in [1.165, 1.54) is 29.3 Å². The molecule has 3 N–H and O–H groups in total. The summed E-state index contributed by atoms with van der Waals surface area (Å²) in [5.74, 6) is -1.37. The van der Waals surface area contributed by atoms with E-state index in [0.29, 0.717) is 39.2 Å². The van der Waals surface area contributed by atoms with Gasteiger partial charge in [0.2, 0.25) is 5.91 Å². The van der Waals surface area contributed by atoms with Gasteiger partial charge in [-0.2, -0.15) is 0 Å². The van der Waals surface area contributed by atoms with E-state index in [2.05, 4.69) is 5.32 Å². The van der Waals surface area contributed by atoms with Crippen LogP contribution in [0.3, 0.4) is 0 Å². The number of rotatable bonds is 3. The number of hydrogen-bond acceptors (Lipinski definition) is 8. The number of nitrogens with zero attached hydrogens (tertiary/aromatic N) is 2. The molecule has 3 aromatic rings. The second-order valence-electron chi connectivity index (χ2n) is 9.71. The van der Waals surface area contributed by atoms with Gasteiger partial charge in [-0.05, 0) is 37.5 Å². The quantitative estimate of drug-likeness (QED) is 0.347. The van der Waals surface area contributed by atoms with Crippen molar-refractivity contribution in [3.63, 3.8) is 0 Å². The third-order valence-corrected chi connectivity index (χ3v) is 8.90. The number of carbonyl (C=O) groups excluding carboxylic acids is 2. The molecule has 3 aliphatic heterocycles. The molecular formula is C26H24FN3O6S. The van der Waals surface area contributed by atoms with Crippen molar-refractivity contribution >= 4 is 34.5 Å². The van der Waals surface area contributed by atoms with Crippen molar-refractivity contribution in [3.05, 3.63) is 56.1 Å². The number of carbonyl (C=O) groups is 2. The van der Waals surface area contributed by atoms with E-state index in [9.17, 15) is 29.0 Å². The Bertz CT molecular complexity index is 1620. The summed E-state index contributed by atoms with van der Waals surface area (Å²) >= 11 is 1.41. The Balaban J connectivity index is 1.65. The van der Waals surface area contributed by atoms with Crippen LogP contribution in [0, 0.1) is 12.7 Å². The molecule has 0 saturated carbocycles. The van der Waals surface area contributed by atoms with Gasteiger partial charge in [0.15, 0.2) is 5.60 Å². The Morgan fingerprint density at radius 3 is 2.84 bits per heavy atom. The van der Waals surface area contributed by atoms with E-state index >= 15 is 0 Å². The maximum atomic E-state index is 14.9. The standard InChI is InChI=1S/C26H24FN3O6S/c1-4-26(35)14-5-18-21-12(7-30(18)24(33)13(14)8-36-25(26)34)19-17(29-23(32)11(3)31)9-37-22-10(2)15(27)6-16(28-21)20(19)22/h5-6,11,17,31,35H,4,7-9H2,1-3H3,(H,29,32)/t11-,17-,26+/m1/s1. The van der Waals surface area contributed by atoms with Crippen LogP contribution in [0.25, 0.3) is 22.3 Å². The van der Waals surface area contributed by atoms with Crippen LogP contribution in [0.5, 0.6) is 0 Å². The van der Waals surface area contributed by atoms with Crippen molar-refractivity contribution in [2.45, 2.75) is 63.0 Å². The van der Waals surface area contributed by atoms with Gasteiger partial charge >= 0.3 is 5.97 Å². The molecule has 3 atom stereocenters. The first-order valence-corrected chi connectivity index (χ1v) is 13.0. The third kappa shape index (κ3) is 3.23. The molecule has 1 amide bonds. The van der Waals surface area contributed by atoms with Gasteiger partial charge in [0.1, 0.15) is 18.5 Å². The van der Waals surface area contributed by atoms with Crippen molar-refractivity contribution in [2.75, 3.05) is 5.75 Å². The molecule has 0 radical (unpaired) electrons. The lowest BCUT2D eigenvalue weighted by Gasteiger charge is -2.31. The van der Waals surface area contributed by atoms with E-state index in [0.717, 1.165) is 10.5 Å². The number of amides is 1. The summed E-state index contributed by atoms with van der Waals surface area (Å²) in [6.45, 7) is 4.61. The highest BCUT2D eigenvalue weighted by Gasteiger charge is 2.46. The number of halogens is 1. The Kier molecular flexibility index (Phi) is 5.28. The van der Waals surface area contributed by atoms with Crippen LogP contribution in [-0.4, -0.2) is 43.5 Å². The van der Waals surface area contributed by atoms with Crippen molar-refractivity contribution in [3.8, 4) is 11.4 Å². The number of ether oxygens (including phenoxy) is 1. The first kappa shape index (κ1) is 24.1. The minimum absolute atomic E-state index is 0.0174. The number of aliphatic hydroxyl groups excluding tert-OH is 1. The molecule has 2 aromatic heterocycles. The van der Waals surface area contributed by atoms with E-state index in [4.69, 9.17) is 9.72 Å². The average molecular weight is 526 g/mol. The number of nitrogens with one attached hydrogen (secondary N) is 1. The van der Waals surface area contributed by atoms with Crippen LogP contribution in [0.1, 0.15) is 54.1 Å². The molecule has 5 heterocycles. The molecule has 37 heavy (non-hydrogen) atoms. The minimum atomic E-state index is -1.96. The number of thioether (sulfide) groups is 1. The second-order valence-corrected chi connectivity index (χ2v) is 10.7. The molecule has 0 unspecified atom stereocenters. The number of cyclic esters (lactones) is 1. The Morgan fingerprint density at radius 2 is 2.14 bits per heavy atom. The fourth-order valence-electron chi connectivity index (χ4n) is 5.53. The summed E-state index contributed by atoms with van der Waals surface area (Å²) in [6.07, 6.45) is -1.20. The zero-order chi connectivity index (χ0) is 26.4. The first-order valence-electron chi connectivity index (χ1n) is 12.0. The highest BCUT2D eigenvalue weighted by molar-refractivity contribution is 7.99. The smallest absolute Gasteiger partial charge is 0.343 e. The largest absolute Gasteiger partial charge is 0.458 e. The molecule has 3 aliphatic rings. The van der Waals surface area contributed by atoms with Crippen LogP contribution < -0.4 is 10.9 Å². The lowest BCUT2D eigenvalue weighted by atomic mass is 9.86. The summed E-state index contributed by atoms with van der Waals surface area (Å²) in [7, 11) is 0. The van der Waals surface area contributed by atoms with Crippen LogP contribution in [-0.2, 0) is 33.1 Å². The fourth-order valence-corrected chi connectivity index (χ4v) is 6.79. The third-order valence-electron chi connectivity index (χ3n) is 7.60. The number of esters is 1. The molecule has 9 nitrogen and oxygen atoms in total. The second kappa shape index (κ2) is 8.11. The maximum absolute atomic E-state index is 14.9. The number of aromatic nitrogens is 2. The van der Waals surface area contributed by atoms with E-state index in [1.54, 1.807) is 19.9 Å². The van der Waals surface area contributed by atoms with Crippen molar-refractivity contribution < 1.29 is 28.9 Å². The summed E-state index contributed by atoms with van der Waals surface area (Å²) in [4.78, 5) is 44.0. The van der Waals surface area contributed by atoms with Crippen molar-refractivity contribution in [1.29, 1.82) is 0 Å². The number of benzene rings is 1. The molecule has 1 aromatic carbocycles. The van der Waals surface area contributed by atoms with Gasteiger partial charge in [0.25, 0.3) is 5.56 Å². The van der Waals surface area contributed by atoms with Crippen LogP contribution in [0.4, 0.5) is 4.39 Å². The van der Waals surface area contributed by atoms with Gasteiger partial charge in [0, 0.05) is 33.2 Å². The van der Waals surface area contributed by atoms with Crippen LogP contribution in [0.15, 0.2) is 21.8 Å². The van der Waals surface area contributed by atoms with Gasteiger partial charge in [-0.15, -0.1) is 11.8 Å². The molecule has 192 valence electrons. The molecule has 11 heteroatoms. The van der Waals surface area contributed by atoms with Crippen LogP contribution in [0.2, 0.25) is 0 Å². The number of aliphatic hydroxyl groups is 2. The average Bonchev–Trinajstić information content (AvgIpc) is 3.24. The summed E-state index contributed by atoms with van der Waals surface area (Å²) < 4.78 is 21.5. The molecule has 0 bridgehead atoms. The zero-order valence-electron chi connectivity index (χ0n) is 20.3. The molecule has 0 fully saturated rings. The van der Waals surface area contributed by atoms with E-state index in [1.807, 2.05) is 0 Å². The minimum Gasteiger partial charge on any atom is -0.458 e. The number of pyridine rings is 2. The molecule has 0 spiro atoms. The SMILES string of the molecule is CC[C@@]1(O)C(=O)OCc2c1cc1n(c2=O)Cc2c-1nc1cc(F)c(C)c3c1c2[C@H](NC(=O)[C@@H](C)O)CS3. The molecule has 0 saturated heterocycles. The Hall–Kier alpha value is -3.28. The first-order chi connectivity index (χ1) is 17.6. The fraction of sp³-hybridized carbons (Fsp3) is 0.385. The topological polar surface area (TPSA) is 131 Å². The highest BCUT2D eigenvalue weighted by Crippen LogP contribution is 2.48. The predicted octanol–water partition coefficient (Wildman–Crippen LogP) is 2.17. The van der Waals surface area contributed by atoms with Crippen molar-refractivity contribution in [2.24, 2.45) is 0 Å². The maximum Gasteiger partial charge on any atom is 0.343 e. The molecule has 0 aliphatic carbocycles.